The molecule has 1 unspecified atom stereocenters. The molecule has 0 aromatic heterocycles. The highest BCUT2D eigenvalue weighted by Crippen LogP contribution is 2.24. The predicted molar refractivity (Wildman–Crippen MR) is 70.8 cm³/mol. The second-order valence-corrected chi connectivity index (χ2v) is 5.46. The molecule has 0 aromatic carbocycles. The number of carbonyl (C=O) groups excluding carboxylic acids is 1. The van der Waals surface area contributed by atoms with Gasteiger partial charge < -0.3 is 20.4 Å². The topological polar surface area (TPSA) is 89.9 Å². The minimum absolute atomic E-state index is 0.252. The molecule has 1 aliphatic rings. The van der Waals surface area contributed by atoms with Gasteiger partial charge in [-0.05, 0) is 31.1 Å². The molecule has 19 heavy (non-hydrogen) atoms. The quantitative estimate of drug-likeness (QED) is 0.709. The van der Waals surface area contributed by atoms with Gasteiger partial charge in [-0.1, -0.05) is 13.8 Å². The van der Waals surface area contributed by atoms with Crippen molar-refractivity contribution in [2.45, 2.75) is 39.2 Å². The molecule has 0 bridgehead atoms. The zero-order valence-electron chi connectivity index (χ0n) is 11.6. The third-order valence-electron chi connectivity index (χ3n) is 3.73. The summed E-state index contributed by atoms with van der Waals surface area (Å²) in [6, 6.07) is -0.287. The van der Waals surface area contributed by atoms with Gasteiger partial charge in [0.1, 0.15) is 0 Å². The molecule has 1 aliphatic heterocycles. The predicted octanol–water partition coefficient (Wildman–Crippen LogP) is 0.900. The van der Waals surface area contributed by atoms with Gasteiger partial charge in [-0.2, -0.15) is 0 Å². The molecule has 2 amide bonds. The highest BCUT2D eigenvalue weighted by Gasteiger charge is 2.23. The smallest absolute Gasteiger partial charge is 0.334 e. The minimum atomic E-state index is -1.54. The first-order valence-corrected chi connectivity index (χ1v) is 6.85. The van der Waals surface area contributed by atoms with Gasteiger partial charge in [-0.3, -0.25) is 0 Å². The Bertz CT molecular complexity index is 320. The van der Waals surface area contributed by atoms with Gasteiger partial charge in [0.25, 0.3) is 0 Å². The fourth-order valence-corrected chi connectivity index (χ4v) is 2.37. The van der Waals surface area contributed by atoms with Crippen LogP contribution in [0.15, 0.2) is 0 Å². The Balaban J connectivity index is 2.39. The molecular weight excluding hydrogens is 248 g/mol. The number of hydrogen-bond acceptors (Lipinski definition) is 3. The number of nitrogens with zero attached hydrogens (tertiary/aromatic N) is 1. The van der Waals surface area contributed by atoms with E-state index in [1.165, 1.54) is 0 Å². The average molecular weight is 272 g/mol. The largest absolute Gasteiger partial charge is 0.479 e. The van der Waals surface area contributed by atoms with E-state index >= 15 is 0 Å². The first-order chi connectivity index (χ1) is 8.91. The zero-order valence-corrected chi connectivity index (χ0v) is 11.6. The summed E-state index contributed by atoms with van der Waals surface area (Å²) in [5.74, 6) is -0.0599. The molecule has 110 valence electrons. The average Bonchev–Trinajstić information content (AvgIpc) is 2.60. The van der Waals surface area contributed by atoms with Crippen LogP contribution < -0.4 is 5.32 Å². The Morgan fingerprint density at radius 2 is 2.00 bits per heavy atom. The van der Waals surface area contributed by atoms with E-state index < -0.39 is 12.1 Å². The summed E-state index contributed by atoms with van der Waals surface area (Å²) in [5, 5.41) is 20.1. The Hall–Kier alpha value is -1.30. The minimum Gasteiger partial charge on any atom is -0.479 e. The van der Waals surface area contributed by atoms with E-state index in [0.717, 1.165) is 19.3 Å². The van der Waals surface area contributed by atoms with Crippen LogP contribution in [0.3, 0.4) is 0 Å². The van der Waals surface area contributed by atoms with Gasteiger partial charge in [0.15, 0.2) is 6.10 Å². The molecule has 0 spiro atoms. The van der Waals surface area contributed by atoms with Crippen molar-refractivity contribution >= 4 is 12.0 Å². The number of aliphatic carboxylic acids is 1. The standard InChI is InChI=1S/C13H24N2O4/c1-9(2)10-4-3-6-15(7-5-10)13(19)14-8-11(16)12(17)18/h9-11,16H,3-8H2,1-2H3,(H,14,19)(H,17,18)/t10?,11-/m0/s1. The second kappa shape index (κ2) is 7.33. The molecule has 2 atom stereocenters. The van der Waals surface area contributed by atoms with Gasteiger partial charge in [0, 0.05) is 13.1 Å². The molecule has 1 fully saturated rings. The Labute approximate surface area is 113 Å². The molecular formula is C13H24N2O4. The monoisotopic (exact) mass is 272 g/mol. The summed E-state index contributed by atoms with van der Waals surface area (Å²) in [6.45, 7) is 5.53. The zero-order chi connectivity index (χ0) is 14.4. The number of carboxylic acid groups (broad SMARTS) is 1. The van der Waals surface area contributed by atoms with E-state index in [4.69, 9.17) is 10.2 Å². The van der Waals surface area contributed by atoms with Crippen molar-refractivity contribution in [2.24, 2.45) is 11.8 Å². The summed E-state index contributed by atoms with van der Waals surface area (Å²) >= 11 is 0. The molecule has 1 rings (SSSR count). The number of carbonyl (C=O) groups is 2. The maximum atomic E-state index is 11.9. The van der Waals surface area contributed by atoms with Crippen molar-refractivity contribution in [2.75, 3.05) is 19.6 Å². The Kier molecular flexibility index (Phi) is 6.08. The van der Waals surface area contributed by atoms with Crippen LogP contribution in [0.1, 0.15) is 33.1 Å². The molecule has 1 heterocycles. The molecule has 0 aliphatic carbocycles. The molecule has 0 aromatic rings. The third kappa shape index (κ3) is 5.06. The van der Waals surface area contributed by atoms with Crippen LogP contribution in [0, 0.1) is 11.8 Å². The molecule has 6 heteroatoms. The fraction of sp³-hybridized carbons (Fsp3) is 0.846. The summed E-state index contributed by atoms with van der Waals surface area (Å²) < 4.78 is 0. The number of nitrogens with one attached hydrogen (secondary N) is 1. The lowest BCUT2D eigenvalue weighted by molar-refractivity contribution is -0.146. The van der Waals surface area contributed by atoms with Crippen molar-refractivity contribution in [3.05, 3.63) is 0 Å². The van der Waals surface area contributed by atoms with E-state index in [2.05, 4.69) is 19.2 Å². The Morgan fingerprint density at radius 3 is 2.58 bits per heavy atom. The van der Waals surface area contributed by atoms with Crippen LogP contribution in [0.5, 0.6) is 0 Å². The van der Waals surface area contributed by atoms with E-state index in [-0.39, 0.29) is 12.6 Å². The van der Waals surface area contributed by atoms with E-state index in [1.807, 2.05) is 0 Å². The molecule has 0 saturated carbocycles. The van der Waals surface area contributed by atoms with Crippen LogP contribution in [0.2, 0.25) is 0 Å². The number of aliphatic hydroxyl groups is 1. The van der Waals surface area contributed by atoms with Gasteiger partial charge in [-0.25, -0.2) is 9.59 Å². The number of rotatable bonds is 4. The van der Waals surface area contributed by atoms with Crippen molar-refractivity contribution in [3.63, 3.8) is 0 Å². The van der Waals surface area contributed by atoms with Crippen molar-refractivity contribution in [1.82, 2.24) is 10.2 Å². The summed E-state index contributed by atoms with van der Waals surface area (Å²) in [5.41, 5.74) is 0. The lowest BCUT2D eigenvalue weighted by atomic mass is 9.89. The first-order valence-electron chi connectivity index (χ1n) is 6.85. The number of urea groups is 1. The van der Waals surface area contributed by atoms with Gasteiger partial charge in [0.2, 0.25) is 0 Å². The van der Waals surface area contributed by atoms with Gasteiger partial charge in [0.05, 0.1) is 6.54 Å². The molecule has 0 radical (unpaired) electrons. The highest BCUT2D eigenvalue weighted by atomic mass is 16.4. The number of hydrogen-bond donors (Lipinski definition) is 3. The number of aliphatic hydroxyl groups excluding tert-OH is 1. The number of likely N-dealkylation sites (tertiary alicyclic amines) is 1. The Morgan fingerprint density at radius 1 is 1.32 bits per heavy atom. The van der Waals surface area contributed by atoms with Crippen LogP contribution in [0.4, 0.5) is 4.79 Å². The lowest BCUT2D eigenvalue weighted by Gasteiger charge is -2.22. The summed E-state index contributed by atoms with van der Waals surface area (Å²) in [6.07, 6.45) is 1.53. The first kappa shape index (κ1) is 15.8. The fourth-order valence-electron chi connectivity index (χ4n) is 2.37. The van der Waals surface area contributed by atoms with Crippen LogP contribution in [-0.4, -0.2) is 52.9 Å². The summed E-state index contributed by atoms with van der Waals surface area (Å²) in [4.78, 5) is 24.0. The van der Waals surface area contributed by atoms with Crippen LogP contribution in [-0.2, 0) is 4.79 Å². The molecule has 3 N–H and O–H groups in total. The van der Waals surface area contributed by atoms with E-state index in [9.17, 15) is 9.59 Å². The number of amides is 2. The lowest BCUT2D eigenvalue weighted by Crippen LogP contribution is -2.44. The van der Waals surface area contributed by atoms with Gasteiger partial charge >= 0.3 is 12.0 Å². The maximum Gasteiger partial charge on any atom is 0.334 e. The van der Waals surface area contributed by atoms with Crippen LogP contribution >= 0.6 is 0 Å². The highest BCUT2D eigenvalue weighted by molar-refractivity contribution is 5.76. The van der Waals surface area contributed by atoms with Gasteiger partial charge in [-0.15, -0.1) is 0 Å². The van der Waals surface area contributed by atoms with E-state index in [0.29, 0.717) is 24.9 Å². The number of carboxylic acids is 1. The van der Waals surface area contributed by atoms with Crippen molar-refractivity contribution in [3.8, 4) is 0 Å². The maximum absolute atomic E-state index is 11.9. The van der Waals surface area contributed by atoms with Crippen molar-refractivity contribution in [1.29, 1.82) is 0 Å². The second-order valence-electron chi connectivity index (χ2n) is 5.46. The van der Waals surface area contributed by atoms with E-state index in [1.54, 1.807) is 4.90 Å². The van der Waals surface area contributed by atoms with Crippen LogP contribution in [0.25, 0.3) is 0 Å². The molecule has 6 nitrogen and oxygen atoms in total. The summed E-state index contributed by atoms with van der Waals surface area (Å²) in [7, 11) is 0. The molecule has 1 saturated heterocycles. The SMILES string of the molecule is CC(C)C1CCCN(C(=O)NC[C@H](O)C(=O)O)CC1. The normalized spacial score (nSPS) is 21.9. The van der Waals surface area contributed by atoms with Crippen molar-refractivity contribution < 1.29 is 19.8 Å². The third-order valence-corrected chi connectivity index (χ3v) is 3.73.